The normalized spacial score (nSPS) is 9.83. The highest BCUT2D eigenvalue weighted by molar-refractivity contribution is 5.36. The highest BCUT2D eigenvalue weighted by Crippen LogP contribution is 2.19. The van der Waals surface area contributed by atoms with Crippen molar-refractivity contribution >= 4 is 5.69 Å². The Morgan fingerprint density at radius 1 is 0.889 bits per heavy atom. The van der Waals surface area contributed by atoms with Crippen LogP contribution in [0.15, 0.2) is 48.5 Å². The highest BCUT2D eigenvalue weighted by Gasteiger charge is 2.05. The molecule has 0 bridgehead atoms. The van der Waals surface area contributed by atoms with Gasteiger partial charge in [0.1, 0.15) is 0 Å². The van der Waals surface area contributed by atoms with Gasteiger partial charge in [0.25, 0.3) is 5.69 Å². The Labute approximate surface area is 104 Å². The van der Waals surface area contributed by atoms with Gasteiger partial charge in [-0.15, -0.1) is 0 Å². The van der Waals surface area contributed by atoms with Gasteiger partial charge >= 0.3 is 0 Å². The van der Waals surface area contributed by atoms with Crippen LogP contribution in [-0.4, -0.2) is 4.92 Å². The summed E-state index contributed by atoms with van der Waals surface area (Å²) in [6, 6.07) is 13.0. The maximum atomic E-state index is 10.5. The molecule has 0 aliphatic carbocycles. The average Bonchev–Trinajstić information content (AvgIpc) is 2.38. The molecule has 0 N–H and O–H groups in total. The Morgan fingerprint density at radius 3 is 1.78 bits per heavy atom. The Hall–Kier alpha value is -2.56. The lowest BCUT2D eigenvalue weighted by molar-refractivity contribution is -0.384. The molecule has 0 radical (unpaired) electrons. The van der Waals surface area contributed by atoms with E-state index in [9.17, 15) is 10.1 Å². The van der Waals surface area contributed by atoms with Crippen molar-refractivity contribution in [1.29, 1.82) is 0 Å². The number of nitro groups is 1. The van der Waals surface area contributed by atoms with Gasteiger partial charge in [-0.1, -0.05) is 17.7 Å². The molecule has 0 saturated carbocycles. The molecule has 0 heterocycles. The van der Waals surface area contributed by atoms with E-state index in [0.717, 1.165) is 5.56 Å². The third-order valence-corrected chi connectivity index (χ3v) is 2.30. The number of nitro benzene ring substituents is 1. The largest absolute Gasteiger partial charge is 0.290 e. The monoisotopic (exact) mass is 245 g/mol. The topological polar surface area (TPSA) is 61.6 Å². The Bertz CT molecular complexity index is 534. The molecule has 0 saturated heterocycles. The van der Waals surface area contributed by atoms with Gasteiger partial charge in [-0.25, -0.2) is 0 Å². The molecule has 0 spiro atoms. The van der Waals surface area contributed by atoms with Gasteiger partial charge in [0.05, 0.1) is 4.92 Å². The maximum Gasteiger partial charge on any atom is 0.269 e. The quantitative estimate of drug-likeness (QED) is 0.471. The van der Waals surface area contributed by atoms with Crippen molar-refractivity contribution < 1.29 is 14.7 Å². The van der Waals surface area contributed by atoms with Crippen molar-refractivity contribution in [2.75, 3.05) is 0 Å². The first-order valence-corrected chi connectivity index (χ1v) is 5.31. The van der Waals surface area contributed by atoms with E-state index in [1.54, 1.807) is 12.1 Å². The molecule has 0 aliphatic rings. The molecule has 5 heteroatoms. The number of aryl methyl sites for hydroxylation is 1. The van der Waals surface area contributed by atoms with E-state index in [4.69, 9.17) is 9.78 Å². The summed E-state index contributed by atoms with van der Waals surface area (Å²) in [5.41, 5.74) is 1.13. The summed E-state index contributed by atoms with van der Waals surface area (Å²) in [5.74, 6) is 0.972. The molecule has 0 amide bonds. The summed E-state index contributed by atoms with van der Waals surface area (Å²) < 4.78 is 0. The van der Waals surface area contributed by atoms with Gasteiger partial charge in [0.15, 0.2) is 11.5 Å². The highest BCUT2D eigenvalue weighted by atomic mass is 17.2. The molecule has 18 heavy (non-hydrogen) atoms. The Kier molecular flexibility index (Phi) is 3.43. The number of nitrogens with zero attached hydrogens (tertiary/aromatic N) is 1. The van der Waals surface area contributed by atoms with Crippen molar-refractivity contribution in [1.82, 2.24) is 0 Å². The van der Waals surface area contributed by atoms with E-state index in [2.05, 4.69) is 0 Å². The van der Waals surface area contributed by atoms with Crippen molar-refractivity contribution in [3.8, 4) is 11.5 Å². The van der Waals surface area contributed by atoms with E-state index in [1.165, 1.54) is 24.3 Å². The second-order valence-electron chi connectivity index (χ2n) is 3.73. The summed E-state index contributed by atoms with van der Waals surface area (Å²) in [5, 5.41) is 10.5. The minimum Gasteiger partial charge on any atom is -0.290 e. The Morgan fingerprint density at radius 2 is 1.33 bits per heavy atom. The van der Waals surface area contributed by atoms with E-state index >= 15 is 0 Å². The van der Waals surface area contributed by atoms with Crippen LogP contribution in [0.1, 0.15) is 5.56 Å². The number of non-ortho nitro benzene ring substituents is 1. The molecule has 2 rings (SSSR count). The number of hydrogen-bond acceptors (Lipinski definition) is 4. The van der Waals surface area contributed by atoms with Gasteiger partial charge < -0.3 is 0 Å². The van der Waals surface area contributed by atoms with E-state index in [-0.39, 0.29) is 5.69 Å². The molecule has 0 aromatic heterocycles. The summed E-state index contributed by atoms with van der Waals surface area (Å²) in [7, 11) is 0. The second-order valence-corrected chi connectivity index (χ2v) is 3.73. The zero-order chi connectivity index (χ0) is 13.0. The van der Waals surface area contributed by atoms with Gasteiger partial charge in [-0.3, -0.25) is 19.9 Å². The SMILES string of the molecule is Cc1ccc(OOc2ccc([N+](=O)[O-])cc2)cc1. The molecule has 0 unspecified atom stereocenters. The van der Waals surface area contributed by atoms with E-state index in [1.807, 2.05) is 19.1 Å². The molecule has 0 fully saturated rings. The van der Waals surface area contributed by atoms with Gasteiger partial charge in [0, 0.05) is 12.1 Å². The van der Waals surface area contributed by atoms with Crippen LogP contribution in [-0.2, 0) is 0 Å². The van der Waals surface area contributed by atoms with E-state index in [0.29, 0.717) is 11.5 Å². The van der Waals surface area contributed by atoms with Crippen LogP contribution < -0.4 is 9.78 Å². The van der Waals surface area contributed by atoms with Crippen LogP contribution in [0.4, 0.5) is 5.69 Å². The first-order valence-electron chi connectivity index (χ1n) is 5.31. The third kappa shape index (κ3) is 2.98. The number of rotatable bonds is 4. The lowest BCUT2D eigenvalue weighted by atomic mass is 10.2. The minimum atomic E-state index is -0.468. The van der Waals surface area contributed by atoms with Crippen LogP contribution in [0.2, 0.25) is 0 Å². The molecule has 5 nitrogen and oxygen atoms in total. The number of benzene rings is 2. The predicted molar refractivity (Wildman–Crippen MR) is 65.5 cm³/mol. The fourth-order valence-electron chi connectivity index (χ4n) is 1.31. The van der Waals surface area contributed by atoms with Crippen LogP contribution in [0, 0.1) is 17.0 Å². The van der Waals surface area contributed by atoms with Crippen LogP contribution in [0.5, 0.6) is 11.5 Å². The molecule has 92 valence electrons. The standard InChI is InChI=1S/C13H11NO4/c1-10-2-6-12(7-3-10)17-18-13-8-4-11(5-9-13)14(15)16/h2-9H,1H3. The maximum absolute atomic E-state index is 10.5. The lowest BCUT2D eigenvalue weighted by Gasteiger charge is -2.05. The number of hydrogen-bond donors (Lipinski definition) is 0. The van der Waals surface area contributed by atoms with Crippen molar-refractivity contribution in [3.05, 3.63) is 64.2 Å². The van der Waals surface area contributed by atoms with Gasteiger partial charge in [-0.05, 0) is 31.2 Å². The average molecular weight is 245 g/mol. The first kappa shape index (κ1) is 11.9. The summed E-state index contributed by atoms with van der Waals surface area (Å²) in [4.78, 5) is 20.1. The minimum absolute atomic E-state index is 0.0117. The molecule has 2 aromatic rings. The fourth-order valence-corrected chi connectivity index (χ4v) is 1.31. The zero-order valence-corrected chi connectivity index (χ0v) is 9.70. The van der Waals surface area contributed by atoms with Crippen LogP contribution >= 0.6 is 0 Å². The van der Waals surface area contributed by atoms with Crippen LogP contribution in [0.3, 0.4) is 0 Å². The molecular formula is C13H11NO4. The van der Waals surface area contributed by atoms with Gasteiger partial charge in [0.2, 0.25) is 0 Å². The fraction of sp³-hybridized carbons (Fsp3) is 0.0769. The summed E-state index contributed by atoms with van der Waals surface area (Å²) >= 11 is 0. The lowest BCUT2D eigenvalue weighted by Crippen LogP contribution is -2.00. The first-order chi connectivity index (χ1) is 8.65. The van der Waals surface area contributed by atoms with Crippen molar-refractivity contribution in [3.63, 3.8) is 0 Å². The Balaban J connectivity index is 1.97. The van der Waals surface area contributed by atoms with Gasteiger partial charge in [-0.2, -0.15) is 0 Å². The van der Waals surface area contributed by atoms with E-state index < -0.39 is 4.92 Å². The van der Waals surface area contributed by atoms with Crippen LogP contribution in [0.25, 0.3) is 0 Å². The molecule has 0 aliphatic heterocycles. The molecular weight excluding hydrogens is 234 g/mol. The van der Waals surface area contributed by atoms with Crippen molar-refractivity contribution in [2.24, 2.45) is 0 Å². The molecule has 0 atom stereocenters. The second kappa shape index (κ2) is 5.18. The third-order valence-electron chi connectivity index (χ3n) is 2.30. The summed E-state index contributed by atoms with van der Waals surface area (Å²) in [6.07, 6.45) is 0. The van der Waals surface area contributed by atoms with Crippen molar-refractivity contribution in [2.45, 2.75) is 6.92 Å². The predicted octanol–water partition coefficient (Wildman–Crippen LogP) is 3.28. The summed E-state index contributed by atoms with van der Waals surface area (Å²) in [6.45, 7) is 1.97. The zero-order valence-electron chi connectivity index (χ0n) is 9.70. The smallest absolute Gasteiger partial charge is 0.269 e. The molecule has 2 aromatic carbocycles.